The van der Waals surface area contributed by atoms with E-state index in [9.17, 15) is 4.79 Å². The lowest BCUT2D eigenvalue weighted by atomic mass is 9.94. The van der Waals surface area contributed by atoms with Crippen molar-refractivity contribution in [3.8, 4) is 11.8 Å². The van der Waals surface area contributed by atoms with Crippen molar-refractivity contribution in [2.24, 2.45) is 11.1 Å². The van der Waals surface area contributed by atoms with Crippen LogP contribution in [0.15, 0.2) is 23.4 Å². The molecule has 0 atom stereocenters. The molecule has 0 saturated heterocycles. The second kappa shape index (κ2) is 2.98. The van der Waals surface area contributed by atoms with Gasteiger partial charge in [0.25, 0.3) is 0 Å². The second-order valence-electron chi connectivity index (χ2n) is 3.44. The average Bonchev–Trinajstić information content (AvgIpc) is 2.11. The minimum atomic E-state index is -1.04. The molecule has 1 rings (SSSR count). The lowest BCUT2D eigenvalue weighted by Gasteiger charge is -2.08. The molecule has 0 bridgehead atoms. The normalized spacial score (nSPS) is 18.9. The molecule has 3 heteroatoms. The molecule has 13 heavy (non-hydrogen) atoms. The summed E-state index contributed by atoms with van der Waals surface area (Å²) in [6.07, 6.45) is 3.23. The summed E-state index contributed by atoms with van der Waals surface area (Å²) >= 11 is 0. The van der Waals surface area contributed by atoms with E-state index in [2.05, 4.69) is 11.8 Å². The van der Waals surface area contributed by atoms with E-state index in [-0.39, 0.29) is 16.7 Å². The Balaban J connectivity index is 3.17. The molecule has 0 saturated carbocycles. The van der Waals surface area contributed by atoms with Gasteiger partial charge >= 0.3 is 5.97 Å². The highest BCUT2D eigenvalue weighted by atomic mass is 16.4. The van der Waals surface area contributed by atoms with E-state index in [0.29, 0.717) is 0 Å². The number of hydrogen-bond acceptors (Lipinski definition) is 2. The molecule has 3 N–H and O–H groups in total. The van der Waals surface area contributed by atoms with Gasteiger partial charge in [-0.25, -0.2) is 4.79 Å². The molecule has 0 unspecified atom stereocenters. The smallest absolute Gasteiger partial charge is 0.338 e. The largest absolute Gasteiger partial charge is 0.478 e. The lowest BCUT2D eigenvalue weighted by molar-refractivity contribution is -0.132. The van der Waals surface area contributed by atoms with Crippen LogP contribution in [0, 0.1) is 17.3 Å². The minimum absolute atomic E-state index is 0.0677. The second-order valence-corrected chi connectivity index (χ2v) is 3.44. The summed E-state index contributed by atoms with van der Waals surface area (Å²) in [5.74, 6) is 4.46. The maximum Gasteiger partial charge on any atom is 0.338 e. The first-order valence-electron chi connectivity index (χ1n) is 3.88. The molecule has 0 heterocycles. The highest BCUT2D eigenvalue weighted by Gasteiger charge is 2.15. The van der Waals surface area contributed by atoms with E-state index in [1.807, 2.05) is 13.8 Å². The predicted octanol–water partition coefficient (Wildman–Crippen LogP) is 0.883. The van der Waals surface area contributed by atoms with Gasteiger partial charge in [-0.3, -0.25) is 0 Å². The molecule has 0 aromatic carbocycles. The van der Waals surface area contributed by atoms with E-state index in [0.717, 1.165) is 0 Å². The number of nitrogens with two attached hydrogens (primary N) is 1. The molecular weight excluding hydrogens is 166 g/mol. The Morgan fingerprint density at radius 3 is 2.77 bits per heavy atom. The van der Waals surface area contributed by atoms with Crippen LogP contribution in [0.5, 0.6) is 0 Å². The van der Waals surface area contributed by atoms with Gasteiger partial charge in [-0.1, -0.05) is 12.0 Å². The van der Waals surface area contributed by atoms with Crippen LogP contribution in [-0.4, -0.2) is 11.1 Å². The van der Waals surface area contributed by atoms with Gasteiger partial charge in [0, 0.05) is 5.41 Å². The van der Waals surface area contributed by atoms with E-state index in [1.165, 1.54) is 6.08 Å². The van der Waals surface area contributed by atoms with Crippen LogP contribution >= 0.6 is 0 Å². The number of carbonyl (C=O) groups is 1. The molecule has 1 aliphatic rings. The van der Waals surface area contributed by atoms with Crippen molar-refractivity contribution in [1.82, 2.24) is 0 Å². The summed E-state index contributed by atoms with van der Waals surface area (Å²) in [6, 6.07) is 0. The van der Waals surface area contributed by atoms with Crippen molar-refractivity contribution < 1.29 is 9.90 Å². The summed E-state index contributed by atoms with van der Waals surface area (Å²) in [7, 11) is 0. The molecule has 0 amide bonds. The van der Waals surface area contributed by atoms with Crippen LogP contribution in [0.1, 0.15) is 13.8 Å². The predicted molar refractivity (Wildman–Crippen MR) is 49.5 cm³/mol. The lowest BCUT2D eigenvalue weighted by Crippen LogP contribution is -2.06. The Morgan fingerprint density at radius 1 is 1.62 bits per heavy atom. The number of carboxylic acid groups (broad SMARTS) is 1. The third-order valence-electron chi connectivity index (χ3n) is 1.71. The highest BCUT2D eigenvalue weighted by molar-refractivity contribution is 5.91. The van der Waals surface area contributed by atoms with Crippen LogP contribution in [0.4, 0.5) is 0 Å². The highest BCUT2D eigenvalue weighted by Crippen LogP contribution is 2.19. The van der Waals surface area contributed by atoms with E-state index in [4.69, 9.17) is 10.8 Å². The molecular formula is C10H11NO2. The van der Waals surface area contributed by atoms with Crippen molar-refractivity contribution in [1.29, 1.82) is 0 Å². The molecule has 0 spiro atoms. The fourth-order valence-electron chi connectivity index (χ4n) is 0.905. The molecule has 1 aliphatic carbocycles. The van der Waals surface area contributed by atoms with Crippen molar-refractivity contribution in [2.75, 3.05) is 0 Å². The van der Waals surface area contributed by atoms with Crippen LogP contribution < -0.4 is 5.73 Å². The number of aliphatic carboxylic acids is 1. The van der Waals surface area contributed by atoms with E-state index in [1.54, 1.807) is 6.08 Å². The van der Waals surface area contributed by atoms with Gasteiger partial charge in [0.2, 0.25) is 0 Å². The molecule has 0 radical (unpaired) electrons. The number of rotatable bonds is 1. The molecule has 0 aromatic rings. The zero-order valence-corrected chi connectivity index (χ0v) is 7.59. The van der Waals surface area contributed by atoms with Gasteiger partial charge < -0.3 is 10.8 Å². The van der Waals surface area contributed by atoms with Gasteiger partial charge in [0.15, 0.2) is 0 Å². The summed E-state index contributed by atoms with van der Waals surface area (Å²) in [6.45, 7) is 3.79. The van der Waals surface area contributed by atoms with Crippen LogP contribution in [0.25, 0.3) is 0 Å². The van der Waals surface area contributed by atoms with Gasteiger partial charge in [-0.15, -0.1) is 0 Å². The van der Waals surface area contributed by atoms with Gasteiger partial charge in [-0.05, 0) is 25.8 Å². The van der Waals surface area contributed by atoms with Gasteiger partial charge in [0.05, 0.1) is 11.3 Å². The van der Waals surface area contributed by atoms with Gasteiger partial charge in [0.1, 0.15) is 0 Å². The standard InChI is InChI=1S/C10H11NO2/c1-10(2)5-3-7(9(12)13)8(11)4-6-10/h3,5H,11H2,1-2H3,(H,12,13). The Hall–Kier alpha value is -1.69. The topological polar surface area (TPSA) is 63.3 Å². The number of allylic oxidation sites excluding steroid dienone is 2. The minimum Gasteiger partial charge on any atom is -0.478 e. The molecule has 0 aliphatic heterocycles. The zero-order chi connectivity index (χ0) is 10.1. The third kappa shape index (κ3) is 2.12. The monoisotopic (exact) mass is 177 g/mol. The van der Waals surface area contributed by atoms with E-state index < -0.39 is 5.97 Å². The SMILES string of the molecule is CC1(C)C#CC(N)=C(C(=O)O)C=C1. The van der Waals surface area contributed by atoms with Crippen molar-refractivity contribution >= 4 is 5.97 Å². The molecule has 3 nitrogen and oxygen atoms in total. The Bertz CT molecular complexity index is 364. The van der Waals surface area contributed by atoms with Crippen molar-refractivity contribution in [2.45, 2.75) is 13.8 Å². The number of carboxylic acids is 1. The van der Waals surface area contributed by atoms with Gasteiger partial charge in [-0.2, -0.15) is 0 Å². The fourth-order valence-corrected chi connectivity index (χ4v) is 0.905. The molecule has 0 fully saturated rings. The first kappa shape index (κ1) is 9.40. The zero-order valence-electron chi connectivity index (χ0n) is 7.59. The maximum absolute atomic E-state index is 10.7. The Morgan fingerprint density at radius 2 is 2.23 bits per heavy atom. The summed E-state index contributed by atoms with van der Waals surface area (Å²) in [4.78, 5) is 10.7. The first-order chi connectivity index (χ1) is 5.92. The summed E-state index contributed by atoms with van der Waals surface area (Å²) in [5.41, 5.74) is 5.34. The quantitative estimate of drug-likeness (QED) is 0.584. The van der Waals surface area contributed by atoms with Crippen molar-refractivity contribution in [3.63, 3.8) is 0 Å². The average molecular weight is 177 g/mol. The van der Waals surface area contributed by atoms with Crippen LogP contribution in [0.3, 0.4) is 0 Å². The van der Waals surface area contributed by atoms with Crippen molar-refractivity contribution in [3.05, 3.63) is 23.4 Å². The summed E-state index contributed by atoms with van der Waals surface area (Å²) in [5, 5.41) is 8.75. The fraction of sp³-hybridized carbons (Fsp3) is 0.300. The number of hydrogen-bond donors (Lipinski definition) is 2. The Kier molecular flexibility index (Phi) is 2.16. The maximum atomic E-state index is 10.7. The first-order valence-corrected chi connectivity index (χ1v) is 3.88. The third-order valence-corrected chi connectivity index (χ3v) is 1.71. The molecule has 0 aromatic heterocycles. The van der Waals surface area contributed by atoms with Crippen LogP contribution in [-0.2, 0) is 4.79 Å². The summed E-state index contributed by atoms with van der Waals surface area (Å²) < 4.78 is 0. The van der Waals surface area contributed by atoms with Crippen LogP contribution in [0.2, 0.25) is 0 Å². The van der Waals surface area contributed by atoms with E-state index >= 15 is 0 Å². The Labute approximate surface area is 76.9 Å². The molecule has 68 valence electrons.